The number of methoxy groups -OCH3 is 1. The summed E-state index contributed by atoms with van der Waals surface area (Å²) < 4.78 is 9.02. The van der Waals surface area contributed by atoms with Gasteiger partial charge in [-0.15, -0.1) is 11.3 Å². The van der Waals surface area contributed by atoms with E-state index in [1.807, 2.05) is 49.4 Å². The number of hydrogen-bond donors (Lipinski definition) is 1. The van der Waals surface area contributed by atoms with E-state index in [2.05, 4.69) is 5.32 Å². The average molecular weight is 472 g/mol. The molecule has 0 radical (unpaired) electrons. The largest absolute Gasteiger partial charge is 0.497 e. The maximum Gasteiger partial charge on any atom is 0.336 e. The Morgan fingerprint density at radius 3 is 2.59 bits per heavy atom. The van der Waals surface area contributed by atoms with E-state index in [4.69, 9.17) is 4.74 Å². The molecule has 7 nitrogen and oxygen atoms in total. The van der Waals surface area contributed by atoms with Crippen molar-refractivity contribution in [1.29, 1.82) is 0 Å². The molecule has 0 fully saturated rings. The molecule has 0 unspecified atom stereocenters. The zero-order chi connectivity index (χ0) is 23.8. The summed E-state index contributed by atoms with van der Waals surface area (Å²) >= 11 is 1.31. The number of fused-ring (bicyclic) bond motifs is 3. The van der Waals surface area contributed by atoms with Gasteiger partial charge in [0.2, 0.25) is 5.91 Å². The summed E-state index contributed by atoms with van der Waals surface area (Å²) in [4.78, 5) is 40.2. The third-order valence-electron chi connectivity index (χ3n) is 5.57. The number of hydrogen-bond acceptors (Lipinski definition) is 5. The van der Waals surface area contributed by atoms with Gasteiger partial charge in [-0.1, -0.05) is 36.4 Å². The highest BCUT2D eigenvalue weighted by molar-refractivity contribution is 7.25. The van der Waals surface area contributed by atoms with Crippen molar-refractivity contribution in [3.8, 4) is 11.4 Å². The third-order valence-corrected chi connectivity index (χ3v) is 6.72. The molecule has 0 saturated carbocycles. The van der Waals surface area contributed by atoms with Gasteiger partial charge in [-0.3, -0.25) is 14.2 Å². The molecule has 1 N–H and O–H groups in total. The number of ether oxygens (including phenoxy) is 1. The molecule has 170 valence electrons. The number of nitrogens with one attached hydrogen (secondary N) is 1. The molecular weight excluding hydrogens is 450 g/mol. The minimum Gasteiger partial charge on any atom is -0.497 e. The van der Waals surface area contributed by atoms with Crippen LogP contribution in [0.15, 0.2) is 82.4 Å². The van der Waals surface area contributed by atoms with E-state index in [9.17, 15) is 14.4 Å². The minimum atomic E-state index is -0.589. The van der Waals surface area contributed by atoms with Crippen LogP contribution in [0.5, 0.6) is 5.75 Å². The van der Waals surface area contributed by atoms with Gasteiger partial charge >= 0.3 is 5.69 Å². The molecule has 0 aliphatic carbocycles. The molecule has 0 aliphatic rings. The van der Waals surface area contributed by atoms with Gasteiger partial charge in [0.05, 0.1) is 18.3 Å². The first-order chi connectivity index (χ1) is 16.5. The summed E-state index contributed by atoms with van der Waals surface area (Å²) in [5, 5.41) is 3.61. The Morgan fingerprint density at radius 2 is 1.79 bits per heavy atom. The molecule has 0 atom stereocenters. The predicted molar refractivity (Wildman–Crippen MR) is 136 cm³/mol. The lowest BCUT2D eigenvalue weighted by Gasteiger charge is -2.13. The number of amides is 1. The van der Waals surface area contributed by atoms with Gasteiger partial charge in [0.1, 0.15) is 17.0 Å². The summed E-state index contributed by atoms with van der Waals surface area (Å²) in [6.45, 7) is 1.69. The molecule has 0 bridgehead atoms. The normalized spacial score (nSPS) is 11.1. The number of carbonyl (C=O) groups excluding carboxylic acids is 1. The first kappa shape index (κ1) is 21.7. The smallest absolute Gasteiger partial charge is 0.336 e. The van der Waals surface area contributed by atoms with Gasteiger partial charge in [0, 0.05) is 21.8 Å². The monoisotopic (exact) mass is 471 g/mol. The van der Waals surface area contributed by atoms with Crippen molar-refractivity contribution in [2.75, 3.05) is 12.4 Å². The fourth-order valence-corrected chi connectivity index (χ4v) is 5.18. The fourth-order valence-electron chi connectivity index (χ4n) is 4.04. The topological polar surface area (TPSA) is 82.3 Å². The highest BCUT2D eigenvalue weighted by atomic mass is 32.1. The van der Waals surface area contributed by atoms with Gasteiger partial charge in [-0.25, -0.2) is 9.36 Å². The maximum atomic E-state index is 13.7. The number of aromatic nitrogens is 2. The third kappa shape index (κ3) is 3.78. The summed E-state index contributed by atoms with van der Waals surface area (Å²) in [6, 6.07) is 21.7. The van der Waals surface area contributed by atoms with Crippen molar-refractivity contribution in [3.63, 3.8) is 0 Å². The Morgan fingerprint density at radius 1 is 1.00 bits per heavy atom. The van der Waals surface area contributed by atoms with E-state index >= 15 is 0 Å². The molecular formula is C26H21N3O4S. The highest BCUT2D eigenvalue weighted by Gasteiger charge is 2.21. The Labute approximate surface area is 198 Å². The molecule has 2 heterocycles. The molecule has 0 aliphatic heterocycles. The fraction of sp³-hybridized carbons (Fsp3) is 0.115. The van der Waals surface area contributed by atoms with Gasteiger partial charge in [-0.2, -0.15) is 0 Å². The van der Waals surface area contributed by atoms with Gasteiger partial charge in [0.25, 0.3) is 5.56 Å². The number of thiophene rings is 1. The van der Waals surface area contributed by atoms with Crippen LogP contribution in [0.1, 0.15) is 5.56 Å². The lowest BCUT2D eigenvalue weighted by Crippen LogP contribution is -2.40. The quantitative estimate of drug-likeness (QED) is 0.414. The van der Waals surface area contributed by atoms with Crippen LogP contribution in [0.3, 0.4) is 0 Å². The van der Waals surface area contributed by atoms with Crippen LogP contribution in [0, 0.1) is 6.92 Å². The van der Waals surface area contributed by atoms with Crippen LogP contribution in [0.25, 0.3) is 26.0 Å². The van der Waals surface area contributed by atoms with Crippen molar-refractivity contribution < 1.29 is 9.53 Å². The van der Waals surface area contributed by atoms with E-state index in [1.165, 1.54) is 23.0 Å². The SMILES string of the molecule is COc1cccc(-n2c(=O)c3sc4ccccc4c3n(CC(=O)Nc3cccc(C)c3)c2=O)c1. The Balaban J connectivity index is 1.72. The van der Waals surface area contributed by atoms with Gasteiger partial charge in [0.15, 0.2) is 0 Å². The molecule has 0 saturated heterocycles. The Kier molecular flexibility index (Phi) is 5.51. The van der Waals surface area contributed by atoms with Gasteiger partial charge in [-0.05, 0) is 42.8 Å². The van der Waals surface area contributed by atoms with E-state index in [0.29, 0.717) is 27.3 Å². The minimum absolute atomic E-state index is 0.242. The van der Waals surface area contributed by atoms with E-state index in [0.717, 1.165) is 20.2 Å². The van der Waals surface area contributed by atoms with Crippen LogP contribution >= 0.6 is 11.3 Å². The van der Waals surface area contributed by atoms with Crippen molar-refractivity contribution >= 4 is 43.2 Å². The zero-order valence-corrected chi connectivity index (χ0v) is 19.4. The number of nitrogens with zero attached hydrogens (tertiary/aromatic N) is 2. The second kappa shape index (κ2) is 8.64. The van der Waals surface area contributed by atoms with Crippen molar-refractivity contribution in [2.24, 2.45) is 0 Å². The Bertz CT molecular complexity index is 1680. The molecule has 2 aromatic heterocycles. The van der Waals surface area contributed by atoms with Crippen LogP contribution in [-0.2, 0) is 11.3 Å². The van der Waals surface area contributed by atoms with Gasteiger partial charge < -0.3 is 10.1 Å². The average Bonchev–Trinajstić information content (AvgIpc) is 3.22. The molecule has 1 amide bonds. The second-order valence-corrected chi connectivity index (χ2v) is 8.96. The van der Waals surface area contributed by atoms with Crippen molar-refractivity contribution in [2.45, 2.75) is 13.5 Å². The molecule has 3 aromatic carbocycles. The Hall–Kier alpha value is -4.17. The summed E-state index contributed by atoms with van der Waals surface area (Å²) in [5.41, 5.74) is 1.48. The molecule has 5 rings (SSSR count). The van der Waals surface area contributed by atoms with Crippen LogP contribution < -0.4 is 21.3 Å². The summed E-state index contributed by atoms with van der Waals surface area (Å²) in [7, 11) is 1.52. The van der Waals surface area contributed by atoms with Crippen molar-refractivity contribution in [1.82, 2.24) is 9.13 Å². The van der Waals surface area contributed by atoms with E-state index in [-0.39, 0.29) is 12.5 Å². The summed E-state index contributed by atoms with van der Waals surface area (Å²) in [5.74, 6) is 0.157. The zero-order valence-electron chi connectivity index (χ0n) is 18.6. The highest BCUT2D eigenvalue weighted by Crippen LogP contribution is 2.31. The molecule has 0 spiro atoms. The number of carbonyl (C=O) groups is 1. The predicted octanol–water partition coefficient (Wildman–Crippen LogP) is 4.32. The number of aryl methyl sites for hydroxylation is 1. The lowest BCUT2D eigenvalue weighted by atomic mass is 10.2. The second-order valence-electron chi connectivity index (χ2n) is 7.90. The maximum absolute atomic E-state index is 13.7. The molecule has 34 heavy (non-hydrogen) atoms. The first-order valence-electron chi connectivity index (χ1n) is 10.6. The van der Waals surface area contributed by atoms with E-state index in [1.54, 1.807) is 30.3 Å². The number of rotatable bonds is 5. The standard InChI is InChI=1S/C26H21N3O4S/c1-16-7-5-8-17(13-16)27-22(30)15-28-23-20-11-3-4-12-21(20)34-24(23)25(31)29(26(28)32)18-9-6-10-19(14-18)33-2/h3-14H,15H2,1-2H3,(H,27,30). The van der Waals surface area contributed by atoms with E-state index < -0.39 is 11.2 Å². The number of anilines is 1. The number of benzene rings is 3. The summed E-state index contributed by atoms with van der Waals surface area (Å²) in [6.07, 6.45) is 0. The van der Waals surface area contributed by atoms with Crippen LogP contribution in [-0.4, -0.2) is 22.2 Å². The lowest BCUT2D eigenvalue weighted by molar-refractivity contribution is -0.116. The first-order valence-corrected chi connectivity index (χ1v) is 11.5. The van der Waals surface area contributed by atoms with Crippen LogP contribution in [0.2, 0.25) is 0 Å². The van der Waals surface area contributed by atoms with Crippen LogP contribution in [0.4, 0.5) is 5.69 Å². The molecule has 5 aromatic rings. The molecule has 8 heteroatoms. The van der Waals surface area contributed by atoms with Crippen molar-refractivity contribution in [3.05, 3.63) is 99.2 Å².